The van der Waals surface area contributed by atoms with Crippen LogP contribution in [0, 0.1) is 0 Å². The minimum absolute atomic E-state index is 0.200. The first-order chi connectivity index (χ1) is 14.2. The number of nitrogens with one attached hydrogen (secondary N) is 1. The number of amides is 1. The van der Waals surface area contributed by atoms with Gasteiger partial charge < -0.3 is 10.1 Å². The van der Waals surface area contributed by atoms with Crippen molar-refractivity contribution in [3.8, 4) is 0 Å². The molecule has 0 aliphatic carbocycles. The van der Waals surface area contributed by atoms with Gasteiger partial charge in [0, 0.05) is 31.6 Å². The number of hydrogen-bond acceptors (Lipinski definition) is 5. The Bertz CT molecular complexity index is 1040. The van der Waals surface area contributed by atoms with Crippen LogP contribution in [0.4, 0.5) is 0 Å². The van der Waals surface area contributed by atoms with E-state index in [1.54, 1.807) is 18.2 Å². The predicted octanol–water partition coefficient (Wildman–Crippen LogP) is 1.51. The fraction of sp³-hybridized carbons (Fsp3) is 0.318. The highest BCUT2D eigenvalue weighted by molar-refractivity contribution is 6.04. The lowest BCUT2D eigenvalue weighted by Crippen LogP contribution is -2.41. The molecule has 1 aromatic heterocycles. The van der Waals surface area contributed by atoms with Crippen LogP contribution in [-0.4, -0.2) is 60.0 Å². The van der Waals surface area contributed by atoms with E-state index in [4.69, 9.17) is 4.74 Å². The van der Waals surface area contributed by atoms with Crippen LogP contribution in [0.2, 0.25) is 0 Å². The van der Waals surface area contributed by atoms with Crippen molar-refractivity contribution in [1.29, 1.82) is 0 Å². The topological polar surface area (TPSA) is 76.5 Å². The van der Waals surface area contributed by atoms with Gasteiger partial charge >= 0.3 is 0 Å². The molecule has 150 valence electrons. The lowest BCUT2D eigenvalue weighted by molar-refractivity contribution is 0.0383. The number of fused-ring (bicyclic) bond motifs is 1. The van der Waals surface area contributed by atoms with Gasteiger partial charge in [0.05, 0.1) is 25.1 Å². The molecule has 0 spiro atoms. The van der Waals surface area contributed by atoms with Crippen LogP contribution in [0.25, 0.3) is 10.8 Å². The second kappa shape index (κ2) is 8.98. The van der Waals surface area contributed by atoms with Crippen molar-refractivity contribution < 1.29 is 9.53 Å². The molecule has 4 rings (SSSR count). The molecule has 1 amide bonds. The normalized spacial score (nSPS) is 14.8. The zero-order valence-electron chi connectivity index (χ0n) is 16.2. The highest BCUT2D eigenvalue weighted by atomic mass is 16.5. The van der Waals surface area contributed by atoms with E-state index in [9.17, 15) is 9.59 Å². The summed E-state index contributed by atoms with van der Waals surface area (Å²) in [6.45, 7) is 4.80. The number of ether oxygens (including phenoxy) is 1. The first-order valence-electron chi connectivity index (χ1n) is 9.84. The molecule has 1 N–H and O–H groups in total. The van der Waals surface area contributed by atoms with Crippen LogP contribution in [0.3, 0.4) is 0 Å². The van der Waals surface area contributed by atoms with Gasteiger partial charge in [-0.05, 0) is 11.6 Å². The Morgan fingerprint density at radius 2 is 1.69 bits per heavy atom. The molecule has 0 atom stereocenters. The summed E-state index contributed by atoms with van der Waals surface area (Å²) in [5.41, 5.74) is 1.03. The van der Waals surface area contributed by atoms with Crippen molar-refractivity contribution in [1.82, 2.24) is 20.0 Å². The second-order valence-electron chi connectivity index (χ2n) is 7.05. The van der Waals surface area contributed by atoms with E-state index in [0.717, 1.165) is 38.4 Å². The Balaban J connectivity index is 1.57. The molecule has 1 fully saturated rings. The van der Waals surface area contributed by atoms with E-state index in [1.807, 2.05) is 36.4 Å². The zero-order valence-corrected chi connectivity index (χ0v) is 16.2. The van der Waals surface area contributed by atoms with Gasteiger partial charge in [0.15, 0.2) is 5.69 Å². The van der Waals surface area contributed by atoms with Crippen molar-refractivity contribution >= 4 is 16.7 Å². The van der Waals surface area contributed by atoms with Crippen molar-refractivity contribution in [2.24, 2.45) is 0 Å². The molecule has 1 aliphatic rings. The van der Waals surface area contributed by atoms with Gasteiger partial charge in [0.1, 0.15) is 0 Å². The molecule has 2 aromatic carbocycles. The highest BCUT2D eigenvalue weighted by Crippen LogP contribution is 2.14. The van der Waals surface area contributed by atoms with E-state index in [0.29, 0.717) is 23.9 Å². The van der Waals surface area contributed by atoms with Gasteiger partial charge in [-0.2, -0.15) is 5.10 Å². The lowest BCUT2D eigenvalue weighted by Gasteiger charge is -2.26. The average Bonchev–Trinajstić information content (AvgIpc) is 2.77. The maximum atomic E-state index is 12.9. The van der Waals surface area contributed by atoms with Crippen LogP contribution in [0.1, 0.15) is 16.1 Å². The summed E-state index contributed by atoms with van der Waals surface area (Å²) in [5, 5.41) is 8.44. The van der Waals surface area contributed by atoms with Crippen LogP contribution in [0.15, 0.2) is 59.4 Å². The number of carbonyl (C=O) groups is 1. The number of carbonyl (C=O) groups excluding carboxylic acids is 1. The summed E-state index contributed by atoms with van der Waals surface area (Å²) >= 11 is 0. The highest BCUT2D eigenvalue weighted by Gasteiger charge is 2.17. The van der Waals surface area contributed by atoms with E-state index in [1.165, 1.54) is 4.68 Å². The van der Waals surface area contributed by atoms with E-state index in [2.05, 4.69) is 15.3 Å². The Kier molecular flexibility index (Phi) is 5.97. The fourth-order valence-electron chi connectivity index (χ4n) is 3.50. The van der Waals surface area contributed by atoms with Crippen LogP contribution in [-0.2, 0) is 11.3 Å². The summed E-state index contributed by atoms with van der Waals surface area (Å²) in [4.78, 5) is 28.0. The second-order valence-corrected chi connectivity index (χ2v) is 7.05. The Morgan fingerprint density at radius 3 is 2.45 bits per heavy atom. The summed E-state index contributed by atoms with van der Waals surface area (Å²) in [6, 6.07) is 16.8. The Morgan fingerprint density at radius 1 is 1.00 bits per heavy atom. The Hall–Kier alpha value is -3.03. The molecule has 7 heteroatoms. The van der Waals surface area contributed by atoms with Crippen LogP contribution in [0.5, 0.6) is 0 Å². The monoisotopic (exact) mass is 392 g/mol. The summed E-state index contributed by atoms with van der Waals surface area (Å²) in [6.07, 6.45) is 0. The molecule has 7 nitrogen and oxygen atoms in total. The first-order valence-corrected chi connectivity index (χ1v) is 9.84. The van der Waals surface area contributed by atoms with Gasteiger partial charge in [-0.3, -0.25) is 14.5 Å². The molecular formula is C22H24N4O3. The minimum Gasteiger partial charge on any atom is -0.379 e. The number of morpholine rings is 1. The summed E-state index contributed by atoms with van der Waals surface area (Å²) in [7, 11) is 0. The molecule has 29 heavy (non-hydrogen) atoms. The van der Waals surface area contributed by atoms with Crippen molar-refractivity contribution in [2.45, 2.75) is 6.54 Å². The molecule has 0 saturated carbocycles. The lowest BCUT2D eigenvalue weighted by atomic mass is 10.1. The minimum atomic E-state index is -0.267. The number of hydrogen-bond donors (Lipinski definition) is 1. The van der Waals surface area contributed by atoms with E-state index < -0.39 is 0 Å². The average molecular weight is 392 g/mol. The Labute approximate surface area is 168 Å². The van der Waals surface area contributed by atoms with Gasteiger partial charge in [-0.15, -0.1) is 0 Å². The molecule has 1 saturated heterocycles. The van der Waals surface area contributed by atoms with Crippen molar-refractivity contribution in [3.63, 3.8) is 0 Å². The van der Waals surface area contributed by atoms with Gasteiger partial charge in [-0.25, -0.2) is 4.68 Å². The number of rotatable bonds is 6. The third-order valence-corrected chi connectivity index (χ3v) is 5.08. The molecule has 0 radical (unpaired) electrons. The van der Waals surface area contributed by atoms with Crippen molar-refractivity contribution in [3.05, 3.63) is 76.2 Å². The van der Waals surface area contributed by atoms with Crippen LogP contribution < -0.4 is 10.9 Å². The first kappa shape index (κ1) is 19.3. The van der Waals surface area contributed by atoms with Crippen LogP contribution >= 0.6 is 0 Å². The largest absolute Gasteiger partial charge is 0.379 e. The number of aromatic nitrogens is 2. The third-order valence-electron chi connectivity index (χ3n) is 5.08. The van der Waals surface area contributed by atoms with Crippen molar-refractivity contribution in [2.75, 3.05) is 39.4 Å². The molecule has 0 bridgehead atoms. The SMILES string of the molecule is O=C(NCCN1CCOCC1)c1nn(Cc2ccccc2)c(=O)c2ccccc12. The van der Waals surface area contributed by atoms with Gasteiger partial charge in [-0.1, -0.05) is 48.5 Å². The maximum absolute atomic E-state index is 12.9. The predicted molar refractivity (Wildman–Crippen MR) is 111 cm³/mol. The van der Waals surface area contributed by atoms with Gasteiger partial charge in [0.25, 0.3) is 11.5 Å². The molecule has 3 aromatic rings. The zero-order chi connectivity index (χ0) is 20.1. The maximum Gasteiger partial charge on any atom is 0.274 e. The standard InChI is InChI=1S/C22H24N4O3/c27-21(23-10-11-25-12-14-29-15-13-25)20-18-8-4-5-9-19(18)22(28)26(24-20)16-17-6-2-1-3-7-17/h1-9H,10-16H2,(H,23,27). The smallest absolute Gasteiger partial charge is 0.274 e. The molecular weight excluding hydrogens is 368 g/mol. The quantitative estimate of drug-likeness (QED) is 0.688. The number of benzene rings is 2. The summed E-state index contributed by atoms with van der Waals surface area (Å²) in [5.74, 6) is -0.267. The number of nitrogens with zero attached hydrogens (tertiary/aromatic N) is 3. The summed E-state index contributed by atoms with van der Waals surface area (Å²) < 4.78 is 6.72. The molecule has 0 unspecified atom stereocenters. The van der Waals surface area contributed by atoms with Gasteiger partial charge in [0.2, 0.25) is 0 Å². The fourth-order valence-corrected chi connectivity index (χ4v) is 3.50. The third kappa shape index (κ3) is 4.52. The molecule has 2 heterocycles. The molecule has 1 aliphatic heterocycles. The van der Waals surface area contributed by atoms with E-state index in [-0.39, 0.29) is 17.2 Å². The van der Waals surface area contributed by atoms with E-state index >= 15 is 0 Å².